The summed E-state index contributed by atoms with van der Waals surface area (Å²) in [5.74, 6) is 1.22. The van der Waals surface area contributed by atoms with Crippen LogP contribution in [0.3, 0.4) is 0 Å². The van der Waals surface area contributed by atoms with E-state index in [1.165, 1.54) is 24.8 Å². The summed E-state index contributed by atoms with van der Waals surface area (Å²) in [5.41, 5.74) is 2.47. The number of nitrogens with one attached hydrogen (secondary N) is 2. The van der Waals surface area contributed by atoms with E-state index < -0.39 is 0 Å². The summed E-state index contributed by atoms with van der Waals surface area (Å²) in [6.45, 7) is 2.57. The van der Waals surface area contributed by atoms with Gasteiger partial charge in [-0.25, -0.2) is 0 Å². The number of aromatic nitrogens is 1. The molecule has 0 spiro atoms. The molecular weight excluding hydrogens is 446 g/mol. The molecule has 1 aromatic heterocycles. The molecule has 1 aliphatic rings. The van der Waals surface area contributed by atoms with Gasteiger partial charge in [0.2, 0.25) is 0 Å². The van der Waals surface area contributed by atoms with Gasteiger partial charge in [-0.1, -0.05) is 49.6 Å². The van der Waals surface area contributed by atoms with Crippen molar-refractivity contribution in [3.63, 3.8) is 0 Å². The molecule has 1 saturated carbocycles. The van der Waals surface area contributed by atoms with Gasteiger partial charge in [-0.05, 0) is 49.7 Å². The second-order valence-electron chi connectivity index (χ2n) is 8.92. The number of hydrogen-bond acceptors (Lipinski definition) is 4. The third kappa shape index (κ3) is 5.36. The first-order valence-electron chi connectivity index (χ1n) is 11.9. The van der Waals surface area contributed by atoms with Gasteiger partial charge >= 0.3 is 0 Å². The van der Waals surface area contributed by atoms with Crippen LogP contribution in [0.15, 0.2) is 53.3 Å². The predicted molar refractivity (Wildman–Crippen MR) is 141 cm³/mol. The van der Waals surface area contributed by atoms with Crippen molar-refractivity contribution >= 4 is 28.2 Å². The molecule has 0 saturated heterocycles. The Bertz CT molecular complexity index is 1190. The van der Waals surface area contributed by atoms with E-state index in [9.17, 15) is 4.79 Å². The van der Waals surface area contributed by atoms with Crippen molar-refractivity contribution in [3.05, 3.63) is 70.0 Å². The molecule has 6 nitrogen and oxygen atoms in total. The van der Waals surface area contributed by atoms with Crippen LogP contribution >= 0.6 is 12.2 Å². The number of methoxy groups -OCH3 is 2. The lowest BCUT2D eigenvalue weighted by Gasteiger charge is -2.37. The molecule has 34 heavy (non-hydrogen) atoms. The van der Waals surface area contributed by atoms with Gasteiger partial charge in [0, 0.05) is 23.1 Å². The molecule has 4 rings (SSSR count). The zero-order valence-electron chi connectivity index (χ0n) is 20.1. The minimum Gasteiger partial charge on any atom is -0.493 e. The van der Waals surface area contributed by atoms with Crippen LogP contribution in [0.2, 0.25) is 0 Å². The highest BCUT2D eigenvalue weighted by molar-refractivity contribution is 7.80. The quantitative estimate of drug-likeness (QED) is 0.448. The fraction of sp³-hybridized carbons (Fsp3) is 0.407. The second-order valence-corrected chi connectivity index (χ2v) is 9.31. The van der Waals surface area contributed by atoms with Crippen molar-refractivity contribution in [2.45, 2.75) is 57.7 Å². The first-order chi connectivity index (χ1) is 16.5. The van der Waals surface area contributed by atoms with Crippen LogP contribution in [0, 0.1) is 0 Å². The average molecular weight is 480 g/mol. The monoisotopic (exact) mass is 479 g/mol. The molecule has 1 fully saturated rings. The zero-order valence-corrected chi connectivity index (χ0v) is 20.9. The number of nitrogens with zero attached hydrogens (tertiary/aromatic N) is 1. The first-order valence-corrected chi connectivity index (χ1v) is 12.3. The van der Waals surface area contributed by atoms with Crippen molar-refractivity contribution < 1.29 is 9.47 Å². The van der Waals surface area contributed by atoms with E-state index in [4.69, 9.17) is 21.7 Å². The summed E-state index contributed by atoms with van der Waals surface area (Å²) >= 11 is 5.91. The summed E-state index contributed by atoms with van der Waals surface area (Å²) in [4.78, 5) is 18.3. The largest absolute Gasteiger partial charge is 0.493 e. The Balaban J connectivity index is 1.63. The van der Waals surface area contributed by atoms with Gasteiger partial charge in [0.05, 0.1) is 32.3 Å². The Hall–Kier alpha value is -3.06. The number of aromatic amines is 1. The molecule has 3 aromatic rings. The van der Waals surface area contributed by atoms with Gasteiger partial charge < -0.3 is 24.7 Å². The van der Waals surface area contributed by atoms with Crippen LogP contribution in [-0.4, -0.2) is 35.3 Å². The maximum atomic E-state index is 13.1. The SMILES string of the molecule is COc1cc2cc(CN(C(=S)NC(C)c3ccccc3)C3CCCCC3)c(=O)[nH]c2cc1OC. The molecule has 0 radical (unpaired) electrons. The fourth-order valence-electron chi connectivity index (χ4n) is 4.73. The van der Waals surface area contributed by atoms with Crippen molar-refractivity contribution in [1.82, 2.24) is 15.2 Å². The molecule has 1 unspecified atom stereocenters. The summed E-state index contributed by atoms with van der Waals surface area (Å²) in [7, 11) is 3.20. The van der Waals surface area contributed by atoms with Crippen LogP contribution < -0.4 is 20.3 Å². The maximum absolute atomic E-state index is 13.1. The number of thiocarbonyl (C=S) groups is 1. The number of rotatable bonds is 7. The van der Waals surface area contributed by atoms with E-state index in [2.05, 4.69) is 34.3 Å². The van der Waals surface area contributed by atoms with E-state index in [0.29, 0.717) is 40.3 Å². The van der Waals surface area contributed by atoms with Crippen molar-refractivity contribution in [3.8, 4) is 11.5 Å². The number of hydrogen-bond donors (Lipinski definition) is 2. The van der Waals surface area contributed by atoms with Crippen LogP contribution in [0.5, 0.6) is 11.5 Å². The standard InChI is InChI=1S/C27H33N3O3S/c1-18(19-10-6-4-7-11-19)28-27(34)30(22-12-8-5-9-13-22)17-21-14-20-15-24(32-2)25(33-3)16-23(20)29-26(21)31/h4,6-7,10-11,14-16,18,22H,5,8-9,12-13,17H2,1-3H3,(H,28,34)(H,29,31). The van der Waals surface area contributed by atoms with E-state index in [1.807, 2.05) is 30.3 Å². The van der Waals surface area contributed by atoms with E-state index in [1.54, 1.807) is 20.3 Å². The topological polar surface area (TPSA) is 66.6 Å². The summed E-state index contributed by atoms with van der Waals surface area (Å²) in [6, 6.07) is 16.3. The lowest BCUT2D eigenvalue weighted by atomic mass is 9.94. The molecule has 0 amide bonds. The third-order valence-electron chi connectivity index (χ3n) is 6.68. The van der Waals surface area contributed by atoms with Gasteiger partial charge in [0.1, 0.15) is 0 Å². The van der Waals surface area contributed by atoms with Crippen molar-refractivity contribution in [2.24, 2.45) is 0 Å². The van der Waals surface area contributed by atoms with E-state index in [0.717, 1.165) is 18.2 Å². The van der Waals surface area contributed by atoms with Gasteiger partial charge in [-0.3, -0.25) is 4.79 Å². The lowest BCUT2D eigenvalue weighted by Crippen LogP contribution is -2.47. The van der Waals surface area contributed by atoms with E-state index in [-0.39, 0.29) is 11.6 Å². The fourth-order valence-corrected chi connectivity index (χ4v) is 5.12. The van der Waals surface area contributed by atoms with Crippen LogP contribution in [-0.2, 0) is 6.54 Å². The Morgan fingerprint density at radius 1 is 1.09 bits per heavy atom. The normalized spacial score (nSPS) is 15.0. The van der Waals surface area contributed by atoms with E-state index >= 15 is 0 Å². The summed E-state index contributed by atoms with van der Waals surface area (Å²) < 4.78 is 10.8. The van der Waals surface area contributed by atoms with Crippen molar-refractivity contribution in [2.75, 3.05) is 14.2 Å². The molecule has 1 heterocycles. The maximum Gasteiger partial charge on any atom is 0.253 e. The third-order valence-corrected chi connectivity index (χ3v) is 7.03. The number of pyridine rings is 1. The molecule has 180 valence electrons. The van der Waals surface area contributed by atoms with Crippen LogP contribution in [0.1, 0.15) is 56.2 Å². The van der Waals surface area contributed by atoms with Crippen LogP contribution in [0.4, 0.5) is 0 Å². The first kappa shape index (κ1) is 24.1. The molecule has 7 heteroatoms. The zero-order chi connectivity index (χ0) is 24.1. The Morgan fingerprint density at radius 2 is 1.76 bits per heavy atom. The van der Waals surface area contributed by atoms with Gasteiger partial charge in [0.25, 0.3) is 5.56 Å². The molecule has 2 aromatic carbocycles. The average Bonchev–Trinajstić information content (AvgIpc) is 2.87. The highest BCUT2D eigenvalue weighted by Gasteiger charge is 2.25. The lowest BCUT2D eigenvalue weighted by molar-refractivity contribution is 0.233. The predicted octanol–water partition coefficient (Wildman–Crippen LogP) is 5.32. The summed E-state index contributed by atoms with van der Waals surface area (Å²) in [5, 5.41) is 5.10. The highest BCUT2D eigenvalue weighted by atomic mass is 32.1. The van der Waals surface area contributed by atoms with Gasteiger partial charge in [0.15, 0.2) is 16.6 Å². The second kappa shape index (κ2) is 10.9. The molecule has 1 aliphatic carbocycles. The highest BCUT2D eigenvalue weighted by Crippen LogP contribution is 2.31. The summed E-state index contributed by atoms with van der Waals surface area (Å²) in [6.07, 6.45) is 5.78. The number of H-pyrrole nitrogens is 1. The van der Waals surface area contributed by atoms with Crippen LogP contribution in [0.25, 0.3) is 10.9 Å². The van der Waals surface area contributed by atoms with Crippen molar-refractivity contribution in [1.29, 1.82) is 0 Å². The smallest absolute Gasteiger partial charge is 0.253 e. The number of benzene rings is 2. The minimum absolute atomic E-state index is 0.0754. The molecule has 0 bridgehead atoms. The Kier molecular flexibility index (Phi) is 7.73. The van der Waals surface area contributed by atoms with Gasteiger partial charge in [-0.15, -0.1) is 0 Å². The molecule has 0 aliphatic heterocycles. The molecule has 1 atom stereocenters. The number of ether oxygens (including phenoxy) is 2. The number of fused-ring (bicyclic) bond motifs is 1. The van der Waals surface area contributed by atoms with Gasteiger partial charge in [-0.2, -0.15) is 0 Å². The minimum atomic E-state index is -0.112. The Labute approximate surface area is 206 Å². The molecular formula is C27H33N3O3S. The Morgan fingerprint density at radius 3 is 2.44 bits per heavy atom. The molecule has 2 N–H and O–H groups in total.